The molecule has 0 aliphatic carbocycles. The Kier molecular flexibility index (Phi) is 12.3. The number of rotatable bonds is 18. The molecule has 3 unspecified atom stereocenters. The van der Waals surface area contributed by atoms with Crippen LogP contribution in [0.3, 0.4) is 0 Å². The van der Waals surface area contributed by atoms with Crippen molar-refractivity contribution in [2.45, 2.75) is 105 Å². The van der Waals surface area contributed by atoms with Crippen LogP contribution < -0.4 is 31.4 Å². The van der Waals surface area contributed by atoms with Gasteiger partial charge in [-0.1, -0.05) is 98.0 Å². The van der Waals surface area contributed by atoms with Crippen LogP contribution in [0.4, 0.5) is 0 Å². The van der Waals surface area contributed by atoms with E-state index in [9.17, 15) is 0 Å². The molecule has 2 N–H and O–H groups in total. The molecule has 0 amide bonds. The van der Waals surface area contributed by atoms with E-state index in [2.05, 4.69) is 113 Å². The molecule has 0 spiro atoms. The molecule has 5 aromatic rings. The van der Waals surface area contributed by atoms with Crippen LogP contribution >= 0.6 is 45.3 Å². The lowest BCUT2D eigenvalue weighted by Gasteiger charge is -2.19. The maximum Gasteiger partial charge on any atom is 0.121 e. The fourth-order valence-corrected chi connectivity index (χ4v) is 18.0. The van der Waals surface area contributed by atoms with Crippen LogP contribution in [-0.4, -0.2) is 30.7 Å². The molecule has 8 heteroatoms. The lowest BCUT2D eigenvalue weighted by Crippen LogP contribution is -2.37. The molecule has 2 nitrogen and oxygen atoms in total. The topological polar surface area (TPSA) is 24.1 Å². The maximum absolute atomic E-state index is 4.43. The van der Waals surface area contributed by atoms with Crippen LogP contribution in [0.25, 0.3) is 46.1 Å². The van der Waals surface area contributed by atoms with E-state index in [-0.39, 0.29) is 0 Å². The number of nitrogens with one attached hydrogen (secondary N) is 2. The first-order valence-corrected chi connectivity index (χ1v) is 27.0. The van der Waals surface area contributed by atoms with Gasteiger partial charge in [-0.3, -0.25) is 0 Å². The number of benzene rings is 1. The summed E-state index contributed by atoms with van der Waals surface area (Å²) in [5.41, 5.74) is 4.15. The van der Waals surface area contributed by atoms with E-state index in [1.54, 1.807) is 31.2 Å². The standard InChI is InChI=1S/C44H56N2S4Si2/c1-9-13-15-29(11-3)25-45-27(5)33-17-19-35(47-33)37-23-41-43(49-37)31-21-40-32(22-39(31)51(41)7)44-42(52(40)8)24-38(50-44)36-20-18-34(48-36)28(6)46-26-30(12-4)16-14-10-2/h17-24,28-30,45-46H,5,9-16,25-26H2,1-4,6-8H3. The molecule has 0 fully saturated rings. The van der Waals surface area contributed by atoms with Gasteiger partial charge in [-0.05, 0) is 106 Å². The van der Waals surface area contributed by atoms with Crippen LogP contribution in [0.1, 0.15) is 102 Å². The SMILES string of the molecule is C=C(NCC(CC)CCCC)c1ccc(-c2cc3c(s2)-c2cc4c(cc2[Si]3C)-c2sc(-c3ccc(C(C)NCC(CC)CCCC)s3)cc2[Si]4C)s1. The number of thiophene rings is 4. The lowest BCUT2D eigenvalue weighted by atomic mass is 9.99. The molecule has 7 rings (SSSR count). The van der Waals surface area contributed by atoms with Crippen LogP contribution in [0.15, 0.2) is 55.1 Å². The van der Waals surface area contributed by atoms with Gasteiger partial charge in [-0.2, -0.15) is 0 Å². The Morgan fingerprint density at radius 2 is 1.19 bits per heavy atom. The first-order valence-electron chi connectivity index (χ1n) is 19.8. The van der Waals surface area contributed by atoms with Crippen molar-refractivity contribution in [3.8, 4) is 40.4 Å². The quantitative estimate of drug-likeness (QED) is 0.0863. The summed E-state index contributed by atoms with van der Waals surface area (Å²) in [6.07, 6.45) is 10.4. The summed E-state index contributed by atoms with van der Waals surface area (Å²) in [6, 6.07) is 20.1. The monoisotopic (exact) mass is 796 g/mol. The van der Waals surface area contributed by atoms with Gasteiger partial charge in [0, 0.05) is 52.4 Å². The molecule has 0 bridgehead atoms. The molecule has 4 aromatic heterocycles. The molecule has 6 heterocycles. The third-order valence-corrected chi connectivity index (χ3v) is 21.9. The molecule has 0 saturated carbocycles. The number of unbranched alkanes of at least 4 members (excludes halogenated alkanes) is 2. The number of hydrogen-bond acceptors (Lipinski definition) is 6. The number of hydrogen-bond donors (Lipinski definition) is 2. The Bertz CT molecular complexity index is 2010. The molecule has 2 aliphatic rings. The van der Waals surface area contributed by atoms with Crippen LogP contribution in [0.5, 0.6) is 0 Å². The van der Waals surface area contributed by atoms with E-state index in [0.29, 0.717) is 6.04 Å². The van der Waals surface area contributed by atoms with Gasteiger partial charge in [0.15, 0.2) is 0 Å². The Labute approximate surface area is 333 Å². The van der Waals surface area contributed by atoms with Crippen molar-refractivity contribution in [2.75, 3.05) is 13.1 Å². The summed E-state index contributed by atoms with van der Waals surface area (Å²) in [6.45, 7) is 23.2. The predicted molar refractivity (Wildman–Crippen MR) is 242 cm³/mol. The van der Waals surface area contributed by atoms with Crippen molar-refractivity contribution < 1.29 is 0 Å². The minimum atomic E-state index is -0.808. The number of fused-ring (bicyclic) bond motifs is 6. The summed E-state index contributed by atoms with van der Waals surface area (Å²) in [7, 11) is -1.61. The molecule has 2 aliphatic heterocycles. The molecule has 2 radical (unpaired) electrons. The van der Waals surface area contributed by atoms with E-state index in [0.717, 1.165) is 30.6 Å². The highest BCUT2D eigenvalue weighted by Gasteiger charge is 2.36. The zero-order valence-corrected chi connectivity index (χ0v) is 37.5. The molecule has 52 heavy (non-hydrogen) atoms. The first kappa shape index (κ1) is 38.2. The molecule has 0 saturated heterocycles. The fraction of sp³-hybridized carbons (Fsp3) is 0.455. The minimum absolute atomic E-state index is 0.402. The lowest BCUT2D eigenvalue weighted by molar-refractivity contribution is 0.400. The molecule has 274 valence electrons. The van der Waals surface area contributed by atoms with Gasteiger partial charge in [0.05, 0.1) is 4.88 Å². The summed E-state index contributed by atoms with van der Waals surface area (Å²) in [5, 5.41) is 14.0. The summed E-state index contributed by atoms with van der Waals surface area (Å²) in [4.78, 5) is 11.5. The van der Waals surface area contributed by atoms with Crippen LogP contribution in [-0.2, 0) is 0 Å². The second-order valence-electron chi connectivity index (χ2n) is 15.1. The predicted octanol–water partition coefficient (Wildman–Crippen LogP) is 11.3. The van der Waals surface area contributed by atoms with Crippen molar-refractivity contribution in [3.63, 3.8) is 0 Å². The second kappa shape index (κ2) is 16.8. The van der Waals surface area contributed by atoms with E-state index < -0.39 is 17.6 Å². The van der Waals surface area contributed by atoms with Crippen LogP contribution in [0.2, 0.25) is 13.1 Å². The van der Waals surface area contributed by atoms with Crippen LogP contribution in [0, 0.1) is 11.8 Å². The van der Waals surface area contributed by atoms with Crippen molar-refractivity contribution >= 4 is 89.4 Å². The highest BCUT2D eigenvalue weighted by molar-refractivity contribution is 7.27. The summed E-state index contributed by atoms with van der Waals surface area (Å²) >= 11 is 7.95. The summed E-state index contributed by atoms with van der Waals surface area (Å²) in [5.74, 6) is 1.51. The smallest absolute Gasteiger partial charge is 0.121 e. The Balaban J connectivity index is 1.06. The second-order valence-corrected chi connectivity index (χ2v) is 24.0. The van der Waals surface area contributed by atoms with E-state index in [1.807, 2.05) is 45.3 Å². The summed E-state index contributed by atoms with van der Waals surface area (Å²) < 4.78 is 0. The molecule has 3 atom stereocenters. The zero-order valence-electron chi connectivity index (χ0n) is 32.3. The van der Waals surface area contributed by atoms with Gasteiger partial charge < -0.3 is 10.6 Å². The third kappa shape index (κ3) is 7.60. The first-order chi connectivity index (χ1) is 25.2. The van der Waals surface area contributed by atoms with Gasteiger partial charge in [0.25, 0.3) is 0 Å². The maximum atomic E-state index is 4.43. The average Bonchev–Trinajstić information content (AvgIpc) is 4.01. The third-order valence-electron chi connectivity index (χ3n) is 11.6. The highest BCUT2D eigenvalue weighted by atomic mass is 32.1. The van der Waals surface area contributed by atoms with Gasteiger partial charge in [-0.25, -0.2) is 0 Å². The molecular weight excluding hydrogens is 741 g/mol. The highest BCUT2D eigenvalue weighted by Crippen LogP contribution is 2.43. The van der Waals surface area contributed by atoms with Gasteiger partial charge >= 0.3 is 0 Å². The Hall–Kier alpha value is -2.05. The van der Waals surface area contributed by atoms with Gasteiger partial charge in [0.1, 0.15) is 17.6 Å². The minimum Gasteiger partial charge on any atom is -0.384 e. The van der Waals surface area contributed by atoms with Crippen molar-refractivity contribution in [3.05, 3.63) is 64.9 Å². The van der Waals surface area contributed by atoms with E-state index >= 15 is 0 Å². The largest absolute Gasteiger partial charge is 0.384 e. The Morgan fingerprint density at radius 3 is 1.75 bits per heavy atom. The normalized spacial score (nSPS) is 15.4. The zero-order chi connectivity index (χ0) is 36.5. The van der Waals surface area contributed by atoms with Crippen molar-refractivity contribution in [1.82, 2.24) is 10.6 Å². The van der Waals surface area contributed by atoms with Crippen molar-refractivity contribution in [2.24, 2.45) is 11.8 Å². The van der Waals surface area contributed by atoms with E-state index in [4.69, 9.17) is 0 Å². The van der Waals surface area contributed by atoms with Gasteiger partial charge in [0.2, 0.25) is 0 Å². The Morgan fingerprint density at radius 1 is 0.654 bits per heavy atom. The van der Waals surface area contributed by atoms with Gasteiger partial charge in [-0.15, -0.1) is 45.3 Å². The van der Waals surface area contributed by atoms with Crippen molar-refractivity contribution in [1.29, 1.82) is 0 Å². The van der Waals surface area contributed by atoms with E-state index in [1.165, 1.54) is 91.1 Å². The fourth-order valence-electron chi connectivity index (χ4n) is 7.90. The molecular formula is C44H56N2S4Si2. The average molecular weight is 797 g/mol. The molecule has 1 aromatic carbocycles.